The lowest BCUT2D eigenvalue weighted by Crippen LogP contribution is -2.53. The average Bonchev–Trinajstić information content (AvgIpc) is 2.92. The number of hydrogen-bond acceptors (Lipinski definition) is 4. The number of nitrogens with one attached hydrogen (secondary N) is 1. The number of thioether (sulfide) groups is 1. The second-order valence-corrected chi connectivity index (χ2v) is 7.89. The highest BCUT2D eigenvalue weighted by molar-refractivity contribution is 7.99. The Hall–Kier alpha value is -0.550. The first kappa shape index (κ1) is 14.1. The molecule has 4 atom stereocenters. The van der Waals surface area contributed by atoms with Gasteiger partial charge < -0.3 is 4.74 Å². The zero-order chi connectivity index (χ0) is 14.3. The number of nitrogens with two attached hydrogens (primary N) is 1. The van der Waals surface area contributed by atoms with E-state index in [-0.39, 0.29) is 5.60 Å². The first-order valence-corrected chi connectivity index (χ1v) is 9.22. The van der Waals surface area contributed by atoms with Crippen molar-refractivity contribution in [3.63, 3.8) is 0 Å². The number of hydrogen-bond donors (Lipinski definition) is 2. The lowest BCUT2D eigenvalue weighted by Gasteiger charge is -2.45. The lowest BCUT2D eigenvalue weighted by molar-refractivity contribution is -0.0869. The third kappa shape index (κ3) is 2.42. The Kier molecular flexibility index (Phi) is 3.74. The van der Waals surface area contributed by atoms with Crippen LogP contribution in [-0.2, 0) is 11.2 Å². The molecule has 1 spiro atoms. The second-order valence-electron chi connectivity index (χ2n) is 6.79. The molecule has 1 aromatic carbocycles. The molecule has 1 aliphatic carbocycles. The van der Waals surface area contributed by atoms with Gasteiger partial charge in [0, 0.05) is 24.3 Å². The molecule has 2 aliphatic heterocycles. The van der Waals surface area contributed by atoms with E-state index < -0.39 is 0 Å². The van der Waals surface area contributed by atoms with Gasteiger partial charge >= 0.3 is 0 Å². The van der Waals surface area contributed by atoms with E-state index in [0.717, 1.165) is 13.0 Å². The summed E-state index contributed by atoms with van der Waals surface area (Å²) in [4.78, 5) is 0. The van der Waals surface area contributed by atoms with Crippen LogP contribution in [0.25, 0.3) is 0 Å². The SMILES string of the molecule is NNC(C1CCOC2(CCSC2)C1)C1Cc2ccccc21. The molecular weight excluding hydrogens is 280 g/mol. The van der Waals surface area contributed by atoms with Crippen LogP contribution in [0.1, 0.15) is 36.3 Å². The quantitative estimate of drug-likeness (QED) is 0.665. The molecule has 2 heterocycles. The van der Waals surface area contributed by atoms with E-state index in [2.05, 4.69) is 29.7 Å². The van der Waals surface area contributed by atoms with Crippen LogP contribution in [0.4, 0.5) is 0 Å². The molecule has 3 N–H and O–H groups in total. The highest BCUT2D eigenvalue weighted by Crippen LogP contribution is 2.46. The van der Waals surface area contributed by atoms with Gasteiger partial charge in [-0.3, -0.25) is 11.3 Å². The van der Waals surface area contributed by atoms with Crippen LogP contribution in [0.15, 0.2) is 24.3 Å². The van der Waals surface area contributed by atoms with E-state index in [1.54, 1.807) is 0 Å². The maximum Gasteiger partial charge on any atom is 0.0783 e. The number of hydrazine groups is 1. The van der Waals surface area contributed by atoms with Crippen LogP contribution >= 0.6 is 11.8 Å². The first-order chi connectivity index (χ1) is 10.3. The minimum atomic E-state index is 0.145. The Bertz CT molecular complexity index is 515. The Balaban J connectivity index is 1.51. The van der Waals surface area contributed by atoms with Crippen molar-refractivity contribution in [2.75, 3.05) is 18.1 Å². The van der Waals surface area contributed by atoms with Gasteiger partial charge in [-0.1, -0.05) is 24.3 Å². The smallest absolute Gasteiger partial charge is 0.0783 e. The van der Waals surface area contributed by atoms with Crippen molar-refractivity contribution in [3.8, 4) is 0 Å². The van der Waals surface area contributed by atoms with E-state index in [4.69, 9.17) is 10.6 Å². The first-order valence-electron chi connectivity index (χ1n) is 8.07. The summed E-state index contributed by atoms with van der Waals surface area (Å²) in [7, 11) is 0. The minimum absolute atomic E-state index is 0.145. The second kappa shape index (κ2) is 5.58. The van der Waals surface area contributed by atoms with E-state index in [0.29, 0.717) is 17.9 Å². The molecule has 21 heavy (non-hydrogen) atoms. The number of rotatable bonds is 3. The fourth-order valence-corrected chi connectivity index (χ4v) is 5.81. The normalized spacial score (nSPS) is 36.2. The zero-order valence-electron chi connectivity index (χ0n) is 12.4. The monoisotopic (exact) mass is 304 g/mol. The van der Waals surface area contributed by atoms with Crippen LogP contribution in [0.5, 0.6) is 0 Å². The molecule has 0 amide bonds. The molecule has 4 unspecified atom stereocenters. The van der Waals surface area contributed by atoms with Gasteiger partial charge in [-0.05, 0) is 48.5 Å². The van der Waals surface area contributed by atoms with Gasteiger partial charge in [0.1, 0.15) is 0 Å². The standard InChI is InChI=1S/C17H24N2OS/c18-19-16(15-9-12-3-1-2-4-14(12)15)13-5-7-20-17(10-13)6-8-21-11-17/h1-4,13,15-16,19H,5-11,18H2. The van der Waals surface area contributed by atoms with E-state index >= 15 is 0 Å². The number of ether oxygens (including phenoxy) is 1. The number of benzene rings is 1. The molecule has 3 nitrogen and oxygen atoms in total. The third-order valence-corrected chi connectivity index (χ3v) is 6.85. The Morgan fingerprint density at radius 3 is 3.05 bits per heavy atom. The predicted octanol–water partition coefficient (Wildman–Crippen LogP) is 2.46. The molecule has 114 valence electrons. The summed E-state index contributed by atoms with van der Waals surface area (Å²) in [5.41, 5.74) is 6.31. The van der Waals surface area contributed by atoms with Crippen molar-refractivity contribution in [3.05, 3.63) is 35.4 Å². The fraction of sp³-hybridized carbons (Fsp3) is 0.647. The summed E-state index contributed by atoms with van der Waals surface area (Å²) in [5, 5.41) is 0. The fourth-order valence-electron chi connectivity index (χ4n) is 4.43. The Labute approximate surface area is 131 Å². The maximum atomic E-state index is 6.16. The lowest BCUT2D eigenvalue weighted by atomic mass is 9.67. The molecule has 3 aliphatic rings. The van der Waals surface area contributed by atoms with Gasteiger partial charge in [-0.2, -0.15) is 11.8 Å². The third-order valence-electron chi connectivity index (χ3n) is 5.63. The highest BCUT2D eigenvalue weighted by Gasteiger charge is 2.45. The summed E-state index contributed by atoms with van der Waals surface area (Å²) >= 11 is 2.04. The van der Waals surface area contributed by atoms with Crippen LogP contribution < -0.4 is 11.3 Å². The van der Waals surface area contributed by atoms with Gasteiger partial charge in [-0.15, -0.1) is 0 Å². The van der Waals surface area contributed by atoms with Crippen molar-refractivity contribution < 1.29 is 4.74 Å². The molecule has 1 aromatic rings. The van der Waals surface area contributed by atoms with Crippen molar-refractivity contribution in [2.24, 2.45) is 11.8 Å². The Morgan fingerprint density at radius 1 is 1.38 bits per heavy atom. The zero-order valence-corrected chi connectivity index (χ0v) is 13.2. The summed E-state index contributed by atoms with van der Waals surface area (Å²) < 4.78 is 6.16. The van der Waals surface area contributed by atoms with Crippen molar-refractivity contribution >= 4 is 11.8 Å². The minimum Gasteiger partial charge on any atom is -0.374 e. The molecule has 0 bridgehead atoms. The van der Waals surface area contributed by atoms with Gasteiger partial charge in [0.25, 0.3) is 0 Å². The summed E-state index contributed by atoms with van der Waals surface area (Å²) in [5.74, 6) is 9.60. The van der Waals surface area contributed by atoms with E-state index in [1.165, 1.54) is 41.9 Å². The van der Waals surface area contributed by atoms with Gasteiger partial charge in [-0.25, -0.2) is 0 Å². The largest absolute Gasteiger partial charge is 0.374 e. The van der Waals surface area contributed by atoms with Crippen LogP contribution in [-0.4, -0.2) is 29.8 Å². The predicted molar refractivity (Wildman–Crippen MR) is 87.3 cm³/mol. The molecule has 4 heteroatoms. The number of fused-ring (bicyclic) bond motifs is 1. The van der Waals surface area contributed by atoms with Gasteiger partial charge in [0.05, 0.1) is 5.60 Å². The molecule has 0 radical (unpaired) electrons. The van der Waals surface area contributed by atoms with Crippen LogP contribution in [0.2, 0.25) is 0 Å². The topological polar surface area (TPSA) is 47.3 Å². The van der Waals surface area contributed by atoms with Crippen molar-refractivity contribution in [1.29, 1.82) is 0 Å². The maximum absolute atomic E-state index is 6.16. The van der Waals surface area contributed by atoms with E-state index in [1.807, 2.05) is 11.8 Å². The average molecular weight is 304 g/mol. The summed E-state index contributed by atoms with van der Waals surface area (Å²) in [6, 6.07) is 9.20. The van der Waals surface area contributed by atoms with Gasteiger partial charge in [0.2, 0.25) is 0 Å². The molecule has 2 fully saturated rings. The molecule has 4 rings (SSSR count). The molecular formula is C17H24N2OS. The highest BCUT2D eigenvalue weighted by atomic mass is 32.2. The van der Waals surface area contributed by atoms with Crippen molar-refractivity contribution in [2.45, 2.75) is 43.2 Å². The molecule has 0 aromatic heterocycles. The molecule has 2 saturated heterocycles. The molecule has 0 saturated carbocycles. The Morgan fingerprint density at radius 2 is 2.29 bits per heavy atom. The van der Waals surface area contributed by atoms with Crippen LogP contribution in [0.3, 0.4) is 0 Å². The van der Waals surface area contributed by atoms with Crippen LogP contribution in [0, 0.1) is 5.92 Å². The van der Waals surface area contributed by atoms with E-state index in [9.17, 15) is 0 Å². The summed E-state index contributed by atoms with van der Waals surface area (Å²) in [6.45, 7) is 0.901. The summed E-state index contributed by atoms with van der Waals surface area (Å²) in [6.07, 6.45) is 4.70. The van der Waals surface area contributed by atoms with Gasteiger partial charge in [0.15, 0.2) is 0 Å². The van der Waals surface area contributed by atoms with Crippen molar-refractivity contribution in [1.82, 2.24) is 5.43 Å².